The maximum atomic E-state index is 5.91. The fourth-order valence-corrected chi connectivity index (χ4v) is 2.76. The molecule has 0 atom stereocenters. The molecule has 0 bridgehead atoms. The van der Waals surface area contributed by atoms with E-state index in [1.165, 1.54) is 25.7 Å². The Morgan fingerprint density at radius 2 is 2.00 bits per heavy atom. The van der Waals surface area contributed by atoms with E-state index in [-0.39, 0.29) is 0 Å². The molecule has 1 aromatic heterocycles. The van der Waals surface area contributed by atoms with Gasteiger partial charge >= 0.3 is 0 Å². The fourth-order valence-electron chi connectivity index (χ4n) is 2.76. The number of nitrogens with two attached hydrogens (primary N) is 1. The zero-order chi connectivity index (χ0) is 13.1. The van der Waals surface area contributed by atoms with Crippen molar-refractivity contribution in [1.29, 1.82) is 0 Å². The highest BCUT2D eigenvalue weighted by Crippen LogP contribution is 2.30. The van der Waals surface area contributed by atoms with Crippen molar-refractivity contribution in [2.45, 2.75) is 52.5 Å². The summed E-state index contributed by atoms with van der Waals surface area (Å²) in [5.41, 5.74) is 6.93. The molecule has 0 aliphatic heterocycles. The zero-order valence-corrected chi connectivity index (χ0v) is 11.7. The monoisotopic (exact) mass is 248 g/mol. The van der Waals surface area contributed by atoms with Gasteiger partial charge in [-0.05, 0) is 25.7 Å². The number of aromatic nitrogens is 2. The van der Waals surface area contributed by atoms with Crippen LogP contribution in [0.4, 0.5) is 11.6 Å². The van der Waals surface area contributed by atoms with Gasteiger partial charge in [-0.2, -0.15) is 0 Å². The maximum absolute atomic E-state index is 5.91. The molecule has 0 amide bonds. The minimum absolute atomic E-state index is 0.603. The summed E-state index contributed by atoms with van der Waals surface area (Å²) in [6, 6.07) is 0.625. The normalized spacial score (nSPS) is 16.4. The Labute approximate surface area is 110 Å². The largest absolute Gasteiger partial charge is 0.383 e. The van der Waals surface area contributed by atoms with Gasteiger partial charge in [-0.25, -0.2) is 9.97 Å². The van der Waals surface area contributed by atoms with E-state index in [2.05, 4.69) is 28.7 Å². The Balaban J connectivity index is 2.29. The highest BCUT2D eigenvalue weighted by atomic mass is 15.2. The molecule has 0 radical (unpaired) electrons. The molecular weight excluding hydrogens is 224 g/mol. The lowest BCUT2D eigenvalue weighted by Gasteiger charge is -2.32. The van der Waals surface area contributed by atoms with Gasteiger partial charge in [0.15, 0.2) is 0 Å². The van der Waals surface area contributed by atoms with Gasteiger partial charge in [-0.1, -0.05) is 26.7 Å². The van der Waals surface area contributed by atoms with Gasteiger partial charge in [-0.15, -0.1) is 0 Å². The first-order valence-corrected chi connectivity index (χ1v) is 6.93. The van der Waals surface area contributed by atoms with E-state index in [1.54, 1.807) is 6.33 Å². The van der Waals surface area contributed by atoms with E-state index in [0.717, 1.165) is 17.9 Å². The van der Waals surface area contributed by atoms with Crippen LogP contribution in [0.2, 0.25) is 0 Å². The lowest BCUT2D eigenvalue weighted by atomic mass is 10.1. The van der Waals surface area contributed by atoms with Crippen LogP contribution in [-0.2, 0) is 0 Å². The van der Waals surface area contributed by atoms with E-state index in [1.807, 2.05) is 6.92 Å². The van der Waals surface area contributed by atoms with E-state index >= 15 is 0 Å². The lowest BCUT2D eigenvalue weighted by molar-refractivity contribution is 0.530. The zero-order valence-electron chi connectivity index (χ0n) is 11.7. The minimum atomic E-state index is 0.603. The van der Waals surface area contributed by atoms with Crippen LogP contribution in [0, 0.1) is 12.8 Å². The number of hydrogen-bond donors (Lipinski definition) is 1. The third-order valence-electron chi connectivity index (χ3n) is 3.70. The molecule has 1 aliphatic carbocycles. The fraction of sp³-hybridized carbons (Fsp3) is 0.714. The topological polar surface area (TPSA) is 55.0 Å². The molecule has 1 aliphatic rings. The Bertz CT molecular complexity index is 397. The number of rotatable bonds is 4. The molecule has 4 heteroatoms. The van der Waals surface area contributed by atoms with Crippen LogP contribution < -0.4 is 10.6 Å². The summed E-state index contributed by atoms with van der Waals surface area (Å²) in [4.78, 5) is 11.0. The molecular formula is C14H24N4. The van der Waals surface area contributed by atoms with Crippen LogP contribution in [0.15, 0.2) is 6.33 Å². The van der Waals surface area contributed by atoms with Crippen molar-refractivity contribution in [3.05, 3.63) is 11.9 Å². The molecule has 100 valence electrons. The van der Waals surface area contributed by atoms with Crippen LogP contribution in [0.1, 0.15) is 45.1 Å². The van der Waals surface area contributed by atoms with Crippen LogP contribution in [0.25, 0.3) is 0 Å². The predicted molar refractivity (Wildman–Crippen MR) is 75.6 cm³/mol. The number of nitrogen functional groups attached to an aromatic ring is 1. The lowest BCUT2D eigenvalue weighted by Crippen LogP contribution is -2.37. The summed E-state index contributed by atoms with van der Waals surface area (Å²) in [5.74, 6) is 2.26. The van der Waals surface area contributed by atoms with Crippen LogP contribution >= 0.6 is 0 Å². The number of hydrogen-bond acceptors (Lipinski definition) is 4. The third kappa shape index (κ3) is 2.74. The van der Waals surface area contributed by atoms with E-state index < -0.39 is 0 Å². The molecule has 1 heterocycles. The molecule has 0 spiro atoms. The van der Waals surface area contributed by atoms with Crippen molar-refractivity contribution in [2.24, 2.45) is 5.92 Å². The van der Waals surface area contributed by atoms with Crippen molar-refractivity contribution in [3.63, 3.8) is 0 Å². The SMILES string of the molecule is Cc1c(N)ncnc1N(CC(C)C)C1CCCC1. The van der Waals surface area contributed by atoms with Gasteiger partial charge in [0, 0.05) is 18.2 Å². The van der Waals surface area contributed by atoms with Gasteiger partial charge in [-0.3, -0.25) is 0 Å². The van der Waals surface area contributed by atoms with Gasteiger partial charge in [0.05, 0.1) is 0 Å². The summed E-state index contributed by atoms with van der Waals surface area (Å²) < 4.78 is 0. The molecule has 4 nitrogen and oxygen atoms in total. The Morgan fingerprint density at radius 3 is 2.61 bits per heavy atom. The standard InChI is InChI=1S/C14H24N4/c1-10(2)8-18(12-6-4-5-7-12)14-11(3)13(15)16-9-17-14/h9-10,12H,4-8H2,1-3H3,(H2,15,16,17). The summed E-state index contributed by atoms with van der Waals surface area (Å²) in [5, 5.41) is 0. The second kappa shape index (κ2) is 5.55. The van der Waals surface area contributed by atoms with Crippen LogP contribution in [-0.4, -0.2) is 22.6 Å². The second-order valence-corrected chi connectivity index (χ2v) is 5.69. The smallest absolute Gasteiger partial charge is 0.137 e. The highest BCUT2D eigenvalue weighted by molar-refractivity contribution is 5.56. The molecule has 1 saturated carbocycles. The predicted octanol–water partition coefficient (Wildman–Crippen LogP) is 2.77. The Kier molecular flexibility index (Phi) is 4.04. The summed E-state index contributed by atoms with van der Waals surface area (Å²) in [6.45, 7) is 7.57. The molecule has 2 N–H and O–H groups in total. The average Bonchev–Trinajstić information content (AvgIpc) is 2.83. The Morgan fingerprint density at radius 1 is 1.33 bits per heavy atom. The number of nitrogens with zero attached hydrogens (tertiary/aromatic N) is 3. The Hall–Kier alpha value is -1.32. The van der Waals surface area contributed by atoms with E-state index in [9.17, 15) is 0 Å². The highest BCUT2D eigenvalue weighted by Gasteiger charge is 2.25. The minimum Gasteiger partial charge on any atom is -0.383 e. The number of anilines is 2. The van der Waals surface area contributed by atoms with Crippen molar-refractivity contribution in [1.82, 2.24) is 9.97 Å². The van der Waals surface area contributed by atoms with Crippen LogP contribution in [0.3, 0.4) is 0 Å². The molecule has 0 unspecified atom stereocenters. The molecule has 2 rings (SSSR count). The van der Waals surface area contributed by atoms with Gasteiger partial charge in [0.1, 0.15) is 18.0 Å². The summed E-state index contributed by atoms with van der Waals surface area (Å²) in [7, 11) is 0. The summed E-state index contributed by atoms with van der Waals surface area (Å²) in [6.07, 6.45) is 6.80. The first kappa shape index (κ1) is 13.1. The third-order valence-corrected chi connectivity index (χ3v) is 3.70. The molecule has 0 aromatic carbocycles. The first-order chi connectivity index (χ1) is 8.59. The van der Waals surface area contributed by atoms with E-state index in [0.29, 0.717) is 17.8 Å². The van der Waals surface area contributed by atoms with Crippen molar-refractivity contribution in [3.8, 4) is 0 Å². The van der Waals surface area contributed by atoms with Gasteiger partial charge in [0.2, 0.25) is 0 Å². The first-order valence-electron chi connectivity index (χ1n) is 6.93. The second-order valence-electron chi connectivity index (χ2n) is 5.69. The maximum Gasteiger partial charge on any atom is 0.137 e. The van der Waals surface area contributed by atoms with Crippen molar-refractivity contribution in [2.75, 3.05) is 17.2 Å². The molecule has 1 fully saturated rings. The average molecular weight is 248 g/mol. The van der Waals surface area contributed by atoms with Crippen molar-refractivity contribution >= 4 is 11.6 Å². The molecule has 1 aromatic rings. The molecule has 0 saturated heterocycles. The van der Waals surface area contributed by atoms with Gasteiger partial charge in [0.25, 0.3) is 0 Å². The van der Waals surface area contributed by atoms with Crippen molar-refractivity contribution < 1.29 is 0 Å². The van der Waals surface area contributed by atoms with Gasteiger partial charge < -0.3 is 10.6 Å². The summed E-state index contributed by atoms with van der Waals surface area (Å²) >= 11 is 0. The van der Waals surface area contributed by atoms with E-state index in [4.69, 9.17) is 5.73 Å². The molecule has 18 heavy (non-hydrogen) atoms. The van der Waals surface area contributed by atoms with Crippen LogP contribution in [0.5, 0.6) is 0 Å². The quantitative estimate of drug-likeness (QED) is 0.890.